The van der Waals surface area contributed by atoms with Gasteiger partial charge in [0.2, 0.25) is 10.0 Å². The maximum atomic E-state index is 11.7. The molecule has 2 saturated heterocycles. The second-order valence-electron chi connectivity index (χ2n) is 6.74. The van der Waals surface area contributed by atoms with Gasteiger partial charge in [-0.15, -0.1) is 0 Å². The Morgan fingerprint density at radius 1 is 1.32 bits per heavy atom. The summed E-state index contributed by atoms with van der Waals surface area (Å²) in [5.74, 6) is 0.304. The molecule has 0 aromatic rings. The Morgan fingerprint density at radius 2 is 2.00 bits per heavy atom. The highest BCUT2D eigenvalue weighted by Crippen LogP contribution is 2.37. The highest BCUT2D eigenvalue weighted by Gasteiger charge is 2.45. The van der Waals surface area contributed by atoms with Crippen molar-refractivity contribution >= 4 is 10.0 Å². The van der Waals surface area contributed by atoms with E-state index in [4.69, 9.17) is 4.74 Å². The van der Waals surface area contributed by atoms with Crippen molar-refractivity contribution in [3.8, 4) is 0 Å². The normalized spacial score (nSPS) is 32.7. The molecular weight excluding hydrogens is 264 g/mol. The Labute approximate surface area is 116 Å². The minimum atomic E-state index is -2.97. The number of nitrogens with zero attached hydrogens (tertiary/aromatic N) is 1. The van der Waals surface area contributed by atoms with Crippen molar-refractivity contribution in [2.45, 2.75) is 57.8 Å². The molecule has 0 amide bonds. The highest BCUT2D eigenvalue weighted by molar-refractivity contribution is 7.89. The average molecular weight is 290 g/mol. The Kier molecular flexibility index (Phi) is 3.99. The molecule has 2 fully saturated rings. The van der Waals surface area contributed by atoms with Crippen molar-refractivity contribution in [2.75, 3.05) is 25.4 Å². The van der Waals surface area contributed by atoms with Crippen LogP contribution in [0.4, 0.5) is 0 Å². The molecule has 2 heterocycles. The molecule has 0 spiro atoms. The van der Waals surface area contributed by atoms with E-state index < -0.39 is 10.0 Å². The molecule has 0 aliphatic carbocycles. The molecule has 0 bridgehead atoms. The molecule has 2 rings (SSSR count). The lowest BCUT2D eigenvalue weighted by Gasteiger charge is -2.28. The fraction of sp³-hybridized carbons (Fsp3) is 1.00. The van der Waals surface area contributed by atoms with E-state index in [0.29, 0.717) is 25.4 Å². The number of nitrogens with one attached hydrogen (secondary N) is 1. The first-order valence-corrected chi connectivity index (χ1v) is 8.65. The van der Waals surface area contributed by atoms with Crippen LogP contribution in [0, 0.1) is 0 Å². The number of rotatable bonds is 4. The van der Waals surface area contributed by atoms with Crippen LogP contribution in [0.5, 0.6) is 0 Å². The summed E-state index contributed by atoms with van der Waals surface area (Å²) >= 11 is 0. The summed E-state index contributed by atoms with van der Waals surface area (Å²) in [7, 11) is -2.97. The Balaban J connectivity index is 1.83. The summed E-state index contributed by atoms with van der Waals surface area (Å²) in [5, 5.41) is 3.46. The van der Waals surface area contributed by atoms with Crippen molar-refractivity contribution in [2.24, 2.45) is 0 Å². The molecule has 2 aliphatic heterocycles. The zero-order valence-electron chi connectivity index (χ0n) is 12.4. The van der Waals surface area contributed by atoms with Gasteiger partial charge in [-0.25, -0.2) is 12.7 Å². The SMILES string of the molecule is CC1(C)C[C@H](NCCN2CCCS2(=O)=O)C(C)(C)O1. The van der Waals surface area contributed by atoms with Gasteiger partial charge < -0.3 is 10.1 Å². The van der Waals surface area contributed by atoms with Gasteiger partial charge in [0, 0.05) is 25.7 Å². The van der Waals surface area contributed by atoms with E-state index in [1.807, 2.05) is 0 Å². The van der Waals surface area contributed by atoms with Gasteiger partial charge in [-0.1, -0.05) is 0 Å². The quantitative estimate of drug-likeness (QED) is 0.838. The van der Waals surface area contributed by atoms with Crippen LogP contribution in [0.1, 0.15) is 40.5 Å². The summed E-state index contributed by atoms with van der Waals surface area (Å²) in [6.07, 6.45) is 1.71. The van der Waals surface area contributed by atoms with Crippen LogP contribution in [-0.4, -0.2) is 55.4 Å². The molecular formula is C13H26N2O3S. The molecule has 0 unspecified atom stereocenters. The van der Waals surface area contributed by atoms with Crippen molar-refractivity contribution in [1.29, 1.82) is 0 Å². The van der Waals surface area contributed by atoms with Gasteiger partial charge in [-0.3, -0.25) is 0 Å². The van der Waals surface area contributed by atoms with E-state index in [1.165, 1.54) is 0 Å². The first kappa shape index (κ1) is 15.2. The maximum absolute atomic E-state index is 11.7. The molecule has 0 aromatic carbocycles. The zero-order valence-corrected chi connectivity index (χ0v) is 13.2. The van der Waals surface area contributed by atoms with Crippen molar-refractivity contribution in [1.82, 2.24) is 9.62 Å². The molecule has 2 aliphatic rings. The summed E-state index contributed by atoms with van der Waals surface area (Å²) in [4.78, 5) is 0. The van der Waals surface area contributed by atoms with Crippen LogP contribution in [0.15, 0.2) is 0 Å². The van der Waals surface area contributed by atoms with Gasteiger partial charge in [-0.2, -0.15) is 0 Å². The maximum Gasteiger partial charge on any atom is 0.214 e. The van der Waals surface area contributed by atoms with E-state index in [0.717, 1.165) is 12.8 Å². The van der Waals surface area contributed by atoms with E-state index in [-0.39, 0.29) is 17.2 Å². The summed E-state index contributed by atoms with van der Waals surface area (Å²) in [5.41, 5.74) is -0.311. The lowest BCUT2D eigenvalue weighted by atomic mass is 9.94. The van der Waals surface area contributed by atoms with Gasteiger partial charge >= 0.3 is 0 Å². The van der Waals surface area contributed by atoms with Crippen LogP contribution in [0.3, 0.4) is 0 Å². The number of sulfonamides is 1. The fourth-order valence-corrected chi connectivity index (χ4v) is 4.71. The lowest BCUT2D eigenvalue weighted by molar-refractivity contribution is -0.0697. The third kappa shape index (κ3) is 3.48. The summed E-state index contributed by atoms with van der Waals surface area (Å²) in [6, 6.07) is 0.271. The lowest BCUT2D eigenvalue weighted by Crippen LogP contribution is -2.46. The van der Waals surface area contributed by atoms with Gasteiger partial charge in [0.15, 0.2) is 0 Å². The first-order valence-electron chi connectivity index (χ1n) is 7.04. The zero-order chi connectivity index (χ0) is 14.3. The van der Waals surface area contributed by atoms with Gasteiger partial charge in [0.05, 0.1) is 17.0 Å². The van der Waals surface area contributed by atoms with Crippen molar-refractivity contribution in [3.05, 3.63) is 0 Å². The molecule has 1 atom stereocenters. The third-order valence-electron chi connectivity index (χ3n) is 4.03. The molecule has 1 N–H and O–H groups in total. The molecule has 0 radical (unpaired) electrons. The van der Waals surface area contributed by atoms with Crippen LogP contribution < -0.4 is 5.32 Å². The van der Waals surface area contributed by atoms with E-state index in [2.05, 4.69) is 33.0 Å². The predicted octanol–water partition coefficient (Wildman–Crippen LogP) is 0.958. The number of ether oxygens (including phenoxy) is 1. The van der Waals surface area contributed by atoms with Gasteiger partial charge in [0.1, 0.15) is 0 Å². The average Bonchev–Trinajstić information content (AvgIpc) is 2.64. The smallest absolute Gasteiger partial charge is 0.214 e. The van der Waals surface area contributed by atoms with Crippen LogP contribution in [-0.2, 0) is 14.8 Å². The van der Waals surface area contributed by atoms with Gasteiger partial charge in [0.25, 0.3) is 0 Å². The van der Waals surface area contributed by atoms with Crippen LogP contribution in [0.2, 0.25) is 0 Å². The second kappa shape index (κ2) is 4.98. The highest BCUT2D eigenvalue weighted by atomic mass is 32.2. The standard InChI is InChI=1S/C13H26N2O3S/c1-12(2)10-11(13(3,4)18-12)14-6-8-15-7-5-9-19(15,16)17/h11,14H,5-10H2,1-4H3/t11-/m0/s1. The predicted molar refractivity (Wildman–Crippen MR) is 75.6 cm³/mol. The van der Waals surface area contributed by atoms with Crippen molar-refractivity contribution < 1.29 is 13.2 Å². The molecule has 6 heteroatoms. The molecule has 5 nitrogen and oxygen atoms in total. The first-order chi connectivity index (χ1) is 8.62. The van der Waals surface area contributed by atoms with Crippen LogP contribution in [0.25, 0.3) is 0 Å². The summed E-state index contributed by atoms with van der Waals surface area (Å²) in [6.45, 7) is 10.3. The minimum absolute atomic E-state index is 0.110. The fourth-order valence-electron chi connectivity index (χ4n) is 3.19. The Bertz CT molecular complexity index is 431. The number of hydrogen-bond donors (Lipinski definition) is 1. The second-order valence-corrected chi connectivity index (χ2v) is 8.83. The van der Waals surface area contributed by atoms with E-state index >= 15 is 0 Å². The monoisotopic (exact) mass is 290 g/mol. The summed E-state index contributed by atoms with van der Waals surface area (Å²) < 4.78 is 31.0. The van der Waals surface area contributed by atoms with Crippen molar-refractivity contribution in [3.63, 3.8) is 0 Å². The minimum Gasteiger partial charge on any atom is -0.368 e. The van der Waals surface area contributed by atoms with E-state index in [1.54, 1.807) is 4.31 Å². The molecule has 19 heavy (non-hydrogen) atoms. The van der Waals surface area contributed by atoms with Crippen LogP contribution >= 0.6 is 0 Å². The third-order valence-corrected chi connectivity index (χ3v) is 5.99. The molecule has 112 valence electrons. The van der Waals surface area contributed by atoms with E-state index in [9.17, 15) is 8.42 Å². The Hall–Kier alpha value is -0.170. The molecule has 0 saturated carbocycles. The Morgan fingerprint density at radius 3 is 2.47 bits per heavy atom. The molecule has 0 aromatic heterocycles. The topological polar surface area (TPSA) is 58.6 Å². The number of hydrogen-bond acceptors (Lipinski definition) is 4. The largest absolute Gasteiger partial charge is 0.368 e. The van der Waals surface area contributed by atoms with Gasteiger partial charge in [-0.05, 0) is 40.5 Å².